The molecule has 2 N–H and O–H groups in total. The highest BCUT2D eigenvalue weighted by Gasteiger charge is 2.14. The number of hydrogen-bond donors (Lipinski definition) is 1. The Morgan fingerprint density at radius 1 is 0.500 bits per heavy atom. The molecule has 5 nitrogen and oxygen atoms in total. The van der Waals surface area contributed by atoms with E-state index < -0.39 is 0 Å². The van der Waals surface area contributed by atoms with Crippen molar-refractivity contribution in [2.45, 2.75) is 0 Å². The smallest absolute Gasteiger partial charge is 0.316 e. The van der Waals surface area contributed by atoms with Crippen molar-refractivity contribution in [3.05, 3.63) is 95.3 Å². The Kier molecular flexibility index (Phi) is 4.14. The van der Waals surface area contributed by atoms with Gasteiger partial charge in [0.1, 0.15) is 0 Å². The summed E-state index contributed by atoms with van der Waals surface area (Å²) in [5.41, 5.74) is 13.3. The second-order valence-electron chi connectivity index (χ2n) is 5.98. The number of nitrogens with zero attached hydrogens (tertiary/aromatic N) is 4. The molecule has 0 atom stereocenters. The summed E-state index contributed by atoms with van der Waals surface area (Å²) in [7, 11) is 0. The van der Waals surface area contributed by atoms with Gasteiger partial charge in [-0.15, -0.1) is 0 Å². The van der Waals surface area contributed by atoms with Gasteiger partial charge >= 0.3 is 23.1 Å². The van der Waals surface area contributed by atoms with Crippen LogP contribution in [0.15, 0.2) is 115 Å². The maximum Gasteiger partial charge on any atom is 0.316 e. The fourth-order valence-corrected chi connectivity index (χ4v) is 2.92. The molecule has 0 saturated carbocycles. The van der Waals surface area contributed by atoms with Crippen LogP contribution in [0.4, 0.5) is 0 Å². The van der Waals surface area contributed by atoms with E-state index in [9.17, 15) is 0 Å². The van der Waals surface area contributed by atoms with Crippen molar-refractivity contribution in [1.29, 1.82) is 0 Å². The molecular weight excluding hydrogens is 335 g/mol. The lowest BCUT2D eigenvalue weighted by molar-refractivity contribution is 1.41. The summed E-state index contributed by atoms with van der Waals surface area (Å²) < 4.78 is 0. The zero-order valence-electron chi connectivity index (χ0n) is 13.2. The van der Waals surface area contributed by atoms with Gasteiger partial charge in [-0.25, -0.2) is 20.0 Å². The van der Waals surface area contributed by atoms with Gasteiger partial charge in [-0.3, -0.25) is 0 Å². The summed E-state index contributed by atoms with van der Waals surface area (Å²) in [4.78, 5) is 18.3. The highest BCUT2D eigenvalue weighted by atomic mass is 24.3. The van der Waals surface area contributed by atoms with E-state index in [0.717, 1.165) is 45.6 Å². The van der Waals surface area contributed by atoms with Crippen LogP contribution < -0.4 is 5.73 Å². The van der Waals surface area contributed by atoms with Gasteiger partial charge in [0.05, 0.1) is 51.3 Å². The Morgan fingerprint density at radius 3 is 1.50 bits per heavy atom. The quantitative estimate of drug-likeness (QED) is 0.667. The predicted octanol–water partition coefficient (Wildman–Crippen LogP) is 1.95. The summed E-state index contributed by atoms with van der Waals surface area (Å²) in [5, 5.41) is 0. The van der Waals surface area contributed by atoms with Crippen LogP contribution in [0.25, 0.3) is 0 Å². The van der Waals surface area contributed by atoms with E-state index >= 15 is 0 Å². The van der Waals surface area contributed by atoms with Crippen LogP contribution in [0.1, 0.15) is 0 Å². The maximum absolute atomic E-state index is 6.09. The first-order valence-electron chi connectivity index (χ1n) is 7.95. The molecule has 0 aromatic carbocycles. The van der Waals surface area contributed by atoms with Crippen LogP contribution in [-0.4, -0.2) is 45.9 Å². The zero-order valence-corrected chi connectivity index (χ0v) is 13.2. The molecule has 0 aromatic heterocycles. The highest BCUT2D eigenvalue weighted by Crippen LogP contribution is 2.21. The van der Waals surface area contributed by atoms with Crippen LogP contribution in [-0.2, 0) is 0 Å². The van der Waals surface area contributed by atoms with Gasteiger partial charge in [0.25, 0.3) is 0 Å². The van der Waals surface area contributed by atoms with E-state index in [1.165, 1.54) is 0 Å². The van der Waals surface area contributed by atoms with Crippen LogP contribution in [0.5, 0.6) is 0 Å². The minimum absolute atomic E-state index is 0. The standard InChI is InChI=1S/C20H13N5.Mg.2H/c21-19-10-18-9-16-4-3-14(23-16)7-12-1-2-13(22-12)8-15-5-6-17(24-15)11-20(19)25-18;;;/h1-11H,21H2;;;. The molecular formula is C20H15MgN5. The third-order valence-electron chi connectivity index (χ3n) is 4.07. The van der Waals surface area contributed by atoms with E-state index in [2.05, 4.69) is 20.0 Å². The number of allylic oxidation sites excluding steroid dienone is 11. The normalized spacial score (nSPS) is 21.8. The molecule has 5 aliphatic heterocycles. The molecule has 0 radical (unpaired) electrons. The van der Waals surface area contributed by atoms with Gasteiger partial charge in [0.2, 0.25) is 0 Å². The fraction of sp³-hybridized carbons (Fsp3) is 0. The van der Waals surface area contributed by atoms with Gasteiger partial charge in [-0.2, -0.15) is 0 Å². The molecule has 6 heteroatoms. The molecule has 0 fully saturated rings. The average Bonchev–Trinajstić information content (AvgIpc) is 3.33. The van der Waals surface area contributed by atoms with Gasteiger partial charge in [-0.05, 0) is 66.8 Å². The molecule has 5 heterocycles. The SMILES string of the molecule is NC1=CC2=CC3=NC(=CC4=NC(=CC5=NC(=CC1=N2)C=C5)C=C4)C=C3.[MgH2]. The molecule has 0 unspecified atom stereocenters. The number of fused-ring (bicyclic) bond motifs is 4. The minimum atomic E-state index is 0. The van der Waals surface area contributed by atoms with Gasteiger partial charge in [0, 0.05) is 0 Å². The van der Waals surface area contributed by atoms with E-state index in [4.69, 9.17) is 5.73 Å². The molecule has 0 aliphatic carbocycles. The number of hydrogen-bond acceptors (Lipinski definition) is 5. The molecule has 0 amide bonds. The first-order chi connectivity index (χ1) is 12.2. The third kappa shape index (κ3) is 3.16. The molecule has 0 spiro atoms. The summed E-state index contributed by atoms with van der Waals surface area (Å²) in [6.07, 6.45) is 21.3. The lowest BCUT2D eigenvalue weighted by Crippen LogP contribution is -2.05. The molecule has 5 aliphatic rings. The van der Waals surface area contributed by atoms with Crippen molar-refractivity contribution < 1.29 is 0 Å². The first-order valence-corrected chi connectivity index (χ1v) is 7.95. The van der Waals surface area contributed by atoms with Crippen molar-refractivity contribution in [3.8, 4) is 0 Å². The van der Waals surface area contributed by atoms with Crippen molar-refractivity contribution in [3.63, 3.8) is 0 Å². The lowest BCUT2D eigenvalue weighted by atomic mass is 10.2. The van der Waals surface area contributed by atoms with Crippen molar-refractivity contribution in [2.75, 3.05) is 0 Å². The largest absolute Gasteiger partial charge is 0.397 e. The van der Waals surface area contributed by atoms with E-state index in [1.807, 2.05) is 66.8 Å². The summed E-state index contributed by atoms with van der Waals surface area (Å²) in [5.74, 6) is 0. The summed E-state index contributed by atoms with van der Waals surface area (Å²) in [6, 6.07) is 0. The molecule has 0 aromatic rings. The summed E-state index contributed by atoms with van der Waals surface area (Å²) >= 11 is 0. The monoisotopic (exact) mass is 349 g/mol. The van der Waals surface area contributed by atoms with Gasteiger partial charge < -0.3 is 5.73 Å². The van der Waals surface area contributed by atoms with Crippen molar-refractivity contribution in [1.82, 2.24) is 0 Å². The Bertz CT molecular complexity index is 1080. The Labute approximate surface area is 166 Å². The van der Waals surface area contributed by atoms with Crippen molar-refractivity contribution >= 4 is 45.9 Å². The fourth-order valence-electron chi connectivity index (χ4n) is 2.92. The second-order valence-corrected chi connectivity index (χ2v) is 5.98. The predicted molar refractivity (Wildman–Crippen MR) is 110 cm³/mol. The van der Waals surface area contributed by atoms with Crippen LogP contribution >= 0.6 is 0 Å². The Morgan fingerprint density at radius 2 is 0.962 bits per heavy atom. The minimum Gasteiger partial charge on any atom is -0.397 e. The molecule has 26 heavy (non-hydrogen) atoms. The van der Waals surface area contributed by atoms with Crippen LogP contribution in [0.2, 0.25) is 0 Å². The number of rotatable bonds is 0. The van der Waals surface area contributed by atoms with Gasteiger partial charge in [0.15, 0.2) is 0 Å². The highest BCUT2D eigenvalue weighted by molar-refractivity contribution is 6.15. The maximum atomic E-state index is 6.09. The molecule has 5 rings (SSSR count). The first kappa shape index (κ1) is 16.6. The van der Waals surface area contributed by atoms with Crippen LogP contribution in [0, 0.1) is 0 Å². The number of aliphatic imine (C=N–C) groups is 4. The average molecular weight is 350 g/mol. The zero-order chi connectivity index (χ0) is 16.8. The third-order valence-corrected chi connectivity index (χ3v) is 4.07. The summed E-state index contributed by atoms with van der Waals surface area (Å²) in [6.45, 7) is 0. The Balaban J connectivity index is 0.00000168. The Hall–Kier alpha value is -2.83. The molecule has 8 bridgehead atoms. The van der Waals surface area contributed by atoms with Gasteiger partial charge in [-0.1, -0.05) is 0 Å². The lowest BCUT2D eigenvalue weighted by Gasteiger charge is -1.95. The molecule has 0 saturated heterocycles. The topological polar surface area (TPSA) is 75.5 Å². The van der Waals surface area contributed by atoms with E-state index in [0.29, 0.717) is 5.70 Å². The van der Waals surface area contributed by atoms with Crippen LogP contribution in [0.3, 0.4) is 0 Å². The molecule has 122 valence electrons. The van der Waals surface area contributed by atoms with Crippen molar-refractivity contribution in [2.24, 2.45) is 25.7 Å². The number of nitrogens with two attached hydrogens (primary N) is 1. The second kappa shape index (κ2) is 6.47. The van der Waals surface area contributed by atoms with E-state index in [-0.39, 0.29) is 23.1 Å². The van der Waals surface area contributed by atoms with E-state index in [1.54, 1.807) is 0 Å².